The second kappa shape index (κ2) is 11.4. The molecular weight excluding hydrogens is 483 g/mol. The van der Waals surface area contributed by atoms with Gasteiger partial charge in [0.2, 0.25) is 0 Å². The summed E-state index contributed by atoms with van der Waals surface area (Å²) in [4.78, 5) is 10.5. The summed E-state index contributed by atoms with van der Waals surface area (Å²) in [6.07, 6.45) is 8.76. The number of aryl methyl sites for hydroxylation is 3. The highest BCUT2D eigenvalue weighted by Gasteiger charge is 2.14. The minimum atomic E-state index is -2.92. The lowest BCUT2D eigenvalue weighted by molar-refractivity contribution is 0.580. The molecule has 0 spiro atoms. The first-order valence-corrected chi connectivity index (χ1v) is 11.9. The van der Waals surface area contributed by atoms with Crippen molar-refractivity contribution in [2.45, 2.75) is 57.9 Å². The Bertz CT molecular complexity index is 665. The van der Waals surface area contributed by atoms with Crippen molar-refractivity contribution < 1.29 is 8.42 Å². The Morgan fingerprint density at radius 2 is 2.08 bits per heavy atom. The second-order valence-electron chi connectivity index (χ2n) is 6.75. The van der Waals surface area contributed by atoms with Crippen molar-refractivity contribution in [3.63, 3.8) is 0 Å². The summed E-state index contributed by atoms with van der Waals surface area (Å²) in [6, 6.07) is 0.0617. The van der Waals surface area contributed by atoms with Crippen molar-refractivity contribution in [1.82, 2.24) is 15.6 Å². The zero-order valence-corrected chi connectivity index (χ0v) is 19.8. The van der Waals surface area contributed by atoms with E-state index in [4.69, 9.17) is 4.98 Å². The molecule has 0 bridgehead atoms. The predicted octanol–water partition coefficient (Wildman–Crippen LogP) is 2.56. The van der Waals surface area contributed by atoms with Crippen LogP contribution < -0.4 is 10.6 Å². The summed E-state index contributed by atoms with van der Waals surface area (Å²) in [5, 5.41) is 7.78. The normalized spacial score (nSPS) is 15.7. The third-order valence-electron chi connectivity index (χ3n) is 4.28. The molecule has 0 saturated heterocycles. The molecule has 1 aliphatic rings. The number of nitrogens with one attached hydrogen (secondary N) is 2. The third-order valence-corrected chi connectivity index (χ3v) is 6.47. The number of halogens is 1. The Morgan fingerprint density at radius 3 is 2.73 bits per heavy atom. The number of nitrogens with zero attached hydrogens (tertiary/aromatic N) is 2. The van der Waals surface area contributed by atoms with Gasteiger partial charge < -0.3 is 10.6 Å². The highest BCUT2D eigenvalue weighted by Crippen LogP contribution is 2.27. The van der Waals surface area contributed by atoms with E-state index in [-0.39, 0.29) is 35.8 Å². The Labute approximate surface area is 178 Å². The van der Waals surface area contributed by atoms with Crippen LogP contribution in [0.5, 0.6) is 0 Å². The van der Waals surface area contributed by atoms with Gasteiger partial charge in [-0.05, 0) is 45.4 Å². The summed E-state index contributed by atoms with van der Waals surface area (Å²) < 4.78 is 22.5. The lowest BCUT2D eigenvalue weighted by atomic mass is 10.0. The average molecular weight is 514 g/mol. The minimum Gasteiger partial charge on any atom is -0.356 e. The van der Waals surface area contributed by atoms with Crippen molar-refractivity contribution in [3.8, 4) is 0 Å². The Morgan fingerprint density at radius 1 is 1.35 bits per heavy atom. The molecule has 1 heterocycles. The standard InChI is InChI=1S/C17H30N4O2S2.HI/c1-13(10-12-25(3,22)23)20-17(18-2)19-11-6-9-16-21-14-7-4-5-8-15(14)24-16;/h13H,4-12H2,1-3H3,(H2,18,19,20);1H. The van der Waals surface area contributed by atoms with Crippen LogP contribution >= 0.6 is 35.3 Å². The van der Waals surface area contributed by atoms with Crippen LogP contribution in [-0.4, -0.2) is 51.0 Å². The molecule has 150 valence electrons. The summed E-state index contributed by atoms with van der Waals surface area (Å²) in [5.41, 5.74) is 1.33. The fourth-order valence-electron chi connectivity index (χ4n) is 2.85. The van der Waals surface area contributed by atoms with Crippen LogP contribution in [0.1, 0.15) is 48.2 Å². The van der Waals surface area contributed by atoms with Crippen LogP contribution in [0.3, 0.4) is 0 Å². The lowest BCUT2D eigenvalue weighted by Gasteiger charge is -2.17. The number of aliphatic imine (C=N–C) groups is 1. The van der Waals surface area contributed by atoms with Gasteiger partial charge in [-0.3, -0.25) is 4.99 Å². The predicted molar refractivity (Wildman–Crippen MR) is 121 cm³/mol. The number of sulfone groups is 1. The number of fused-ring (bicyclic) bond motifs is 1. The minimum absolute atomic E-state index is 0. The SMILES string of the molecule is CN=C(NCCCc1nc2c(s1)CCCC2)NC(C)CCS(C)(=O)=O.I. The molecule has 1 atom stereocenters. The fraction of sp³-hybridized carbons (Fsp3) is 0.765. The molecular formula is C17H31IN4O2S2. The van der Waals surface area contributed by atoms with Crippen molar-refractivity contribution in [2.75, 3.05) is 25.6 Å². The molecule has 1 aromatic heterocycles. The number of rotatable bonds is 8. The molecule has 2 rings (SSSR count). The summed E-state index contributed by atoms with van der Waals surface area (Å²) >= 11 is 1.88. The van der Waals surface area contributed by atoms with Crippen LogP contribution in [-0.2, 0) is 29.1 Å². The van der Waals surface area contributed by atoms with Crippen LogP contribution in [0.25, 0.3) is 0 Å². The van der Waals surface area contributed by atoms with Gasteiger partial charge in [0, 0.05) is 37.2 Å². The van der Waals surface area contributed by atoms with Gasteiger partial charge in [-0.15, -0.1) is 35.3 Å². The third kappa shape index (κ3) is 8.51. The highest BCUT2D eigenvalue weighted by atomic mass is 127. The van der Waals surface area contributed by atoms with E-state index in [9.17, 15) is 8.42 Å². The van der Waals surface area contributed by atoms with Crippen molar-refractivity contribution >= 4 is 51.1 Å². The summed E-state index contributed by atoms with van der Waals surface area (Å²) in [5.74, 6) is 0.909. The van der Waals surface area contributed by atoms with Gasteiger partial charge in [-0.25, -0.2) is 13.4 Å². The number of hydrogen-bond acceptors (Lipinski definition) is 5. The van der Waals surface area contributed by atoms with E-state index >= 15 is 0 Å². The monoisotopic (exact) mass is 514 g/mol. The molecule has 1 aromatic rings. The molecule has 1 unspecified atom stereocenters. The van der Waals surface area contributed by atoms with Gasteiger partial charge in [0.1, 0.15) is 9.84 Å². The molecule has 0 fully saturated rings. The van der Waals surface area contributed by atoms with E-state index in [2.05, 4.69) is 15.6 Å². The van der Waals surface area contributed by atoms with Crippen LogP contribution in [0.4, 0.5) is 0 Å². The Kier molecular flexibility index (Phi) is 10.4. The van der Waals surface area contributed by atoms with Gasteiger partial charge in [-0.2, -0.15) is 0 Å². The van der Waals surface area contributed by atoms with E-state index in [0.717, 1.165) is 31.8 Å². The smallest absolute Gasteiger partial charge is 0.191 e. The molecule has 0 aromatic carbocycles. The van der Waals surface area contributed by atoms with Gasteiger partial charge in [0.25, 0.3) is 0 Å². The highest BCUT2D eigenvalue weighted by molar-refractivity contribution is 14.0. The molecule has 2 N–H and O–H groups in total. The topological polar surface area (TPSA) is 83.4 Å². The van der Waals surface area contributed by atoms with Gasteiger partial charge >= 0.3 is 0 Å². The first-order valence-electron chi connectivity index (χ1n) is 9.00. The second-order valence-corrected chi connectivity index (χ2v) is 10.2. The Balaban J connectivity index is 0.00000338. The molecule has 0 amide bonds. The van der Waals surface area contributed by atoms with E-state index in [0.29, 0.717) is 6.42 Å². The first-order chi connectivity index (χ1) is 11.9. The number of hydrogen-bond donors (Lipinski definition) is 2. The van der Waals surface area contributed by atoms with Gasteiger partial charge in [0.15, 0.2) is 5.96 Å². The van der Waals surface area contributed by atoms with Crippen LogP contribution in [0.15, 0.2) is 4.99 Å². The van der Waals surface area contributed by atoms with E-state index in [1.807, 2.05) is 18.3 Å². The van der Waals surface area contributed by atoms with Crippen LogP contribution in [0, 0.1) is 0 Å². The average Bonchev–Trinajstić information content (AvgIpc) is 2.98. The van der Waals surface area contributed by atoms with Gasteiger partial charge in [0.05, 0.1) is 16.5 Å². The van der Waals surface area contributed by atoms with E-state index < -0.39 is 9.84 Å². The maximum atomic E-state index is 11.2. The van der Waals surface area contributed by atoms with E-state index in [1.54, 1.807) is 7.05 Å². The molecule has 0 aliphatic heterocycles. The largest absolute Gasteiger partial charge is 0.356 e. The zero-order valence-electron chi connectivity index (χ0n) is 15.9. The first kappa shape index (κ1) is 23.6. The molecule has 6 nitrogen and oxygen atoms in total. The molecule has 0 saturated carbocycles. The maximum Gasteiger partial charge on any atom is 0.191 e. The van der Waals surface area contributed by atoms with Crippen molar-refractivity contribution in [3.05, 3.63) is 15.6 Å². The number of thiazole rings is 1. The van der Waals surface area contributed by atoms with Crippen molar-refractivity contribution in [1.29, 1.82) is 0 Å². The van der Waals surface area contributed by atoms with Crippen LogP contribution in [0.2, 0.25) is 0 Å². The fourth-order valence-corrected chi connectivity index (χ4v) is 4.83. The molecule has 1 aliphatic carbocycles. The Hall–Kier alpha value is -0.420. The van der Waals surface area contributed by atoms with Gasteiger partial charge in [-0.1, -0.05) is 0 Å². The molecule has 0 radical (unpaired) electrons. The number of aromatic nitrogens is 1. The van der Waals surface area contributed by atoms with E-state index in [1.165, 1.54) is 41.1 Å². The summed E-state index contributed by atoms with van der Waals surface area (Å²) in [6.45, 7) is 2.79. The zero-order chi connectivity index (χ0) is 18.3. The lowest BCUT2D eigenvalue weighted by Crippen LogP contribution is -2.43. The van der Waals surface area contributed by atoms with Crippen molar-refractivity contribution in [2.24, 2.45) is 4.99 Å². The molecule has 26 heavy (non-hydrogen) atoms. The summed E-state index contributed by atoms with van der Waals surface area (Å²) in [7, 11) is -1.19. The quantitative estimate of drug-likeness (QED) is 0.241. The maximum absolute atomic E-state index is 11.2. The molecule has 9 heteroatoms. The number of guanidine groups is 1.